The number of methoxy groups -OCH3 is 3. The van der Waals surface area contributed by atoms with Gasteiger partial charge >= 0.3 is 5.91 Å². The Balaban J connectivity index is 1.77. The summed E-state index contributed by atoms with van der Waals surface area (Å²) >= 11 is 1.25. The smallest absolute Gasteiger partial charge is 0.301 e. The maximum Gasteiger partial charge on any atom is 0.301 e. The Hall–Kier alpha value is -4.37. The van der Waals surface area contributed by atoms with Crippen LogP contribution in [0.1, 0.15) is 22.7 Å². The van der Waals surface area contributed by atoms with Crippen LogP contribution in [0.5, 0.6) is 17.2 Å². The molecule has 4 aromatic rings. The molecule has 1 aromatic heterocycles. The molecule has 1 aliphatic rings. The maximum absolute atomic E-state index is 13.5. The Morgan fingerprint density at radius 3 is 2.27 bits per heavy atom. The van der Waals surface area contributed by atoms with Crippen molar-refractivity contribution in [2.45, 2.75) is 13.0 Å². The fraction of sp³-hybridized carbons (Fsp3) is 0.179. The summed E-state index contributed by atoms with van der Waals surface area (Å²) in [7, 11) is 4.60. The average molecular weight is 517 g/mol. The number of ketones is 1. The molecule has 0 unspecified atom stereocenters. The molecule has 1 aliphatic heterocycles. The van der Waals surface area contributed by atoms with Gasteiger partial charge in [-0.1, -0.05) is 41.2 Å². The minimum Gasteiger partial charge on any atom is -0.507 e. The zero-order valence-electron chi connectivity index (χ0n) is 20.6. The predicted octanol–water partition coefficient (Wildman–Crippen LogP) is 5.26. The Kier molecular flexibility index (Phi) is 6.31. The summed E-state index contributed by atoms with van der Waals surface area (Å²) in [5.74, 6) is -0.311. The molecule has 1 N–H and O–H groups in total. The molecule has 188 valence electrons. The van der Waals surface area contributed by atoms with Crippen molar-refractivity contribution in [2.75, 3.05) is 26.2 Å². The van der Waals surface area contributed by atoms with Crippen LogP contribution in [-0.4, -0.2) is 43.1 Å². The molecule has 2 heterocycles. The minimum absolute atomic E-state index is 0.0581. The number of Topliss-reactive ketones (excluding diaryl/α,β-unsaturated/α-hetero) is 1. The van der Waals surface area contributed by atoms with E-state index in [0.717, 1.165) is 10.3 Å². The van der Waals surface area contributed by atoms with E-state index in [1.165, 1.54) is 30.5 Å². The van der Waals surface area contributed by atoms with Crippen LogP contribution in [-0.2, 0) is 9.59 Å². The number of aliphatic hydroxyl groups is 1. The number of hydrogen-bond donors (Lipinski definition) is 1. The number of thiazole rings is 1. The van der Waals surface area contributed by atoms with Crippen LogP contribution < -0.4 is 19.1 Å². The lowest BCUT2D eigenvalue weighted by Crippen LogP contribution is -2.29. The molecule has 5 rings (SSSR count). The van der Waals surface area contributed by atoms with Gasteiger partial charge in [-0.2, -0.15) is 0 Å². The van der Waals surface area contributed by atoms with Crippen LogP contribution in [0.2, 0.25) is 0 Å². The first-order valence-corrected chi connectivity index (χ1v) is 12.2. The summed E-state index contributed by atoms with van der Waals surface area (Å²) in [6.45, 7) is 1.92. The van der Waals surface area contributed by atoms with E-state index < -0.39 is 17.7 Å². The van der Waals surface area contributed by atoms with Crippen molar-refractivity contribution in [1.29, 1.82) is 0 Å². The molecular formula is C28H24N2O6S. The number of rotatable bonds is 6. The standard InChI is InChI=1S/C28H24N2O6S/c1-15-5-7-16(8-6-15)25(31)23-24(19-13-17(34-2)10-12-21(19)36-4)30(27(33)26(23)32)28-29-20-11-9-18(35-3)14-22(20)37-28/h5-14,24,31H,1-4H3/t24-/m0/s1. The molecular weight excluding hydrogens is 492 g/mol. The van der Waals surface area contributed by atoms with Crippen LogP contribution >= 0.6 is 11.3 Å². The van der Waals surface area contributed by atoms with E-state index in [2.05, 4.69) is 4.98 Å². The quantitative estimate of drug-likeness (QED) is 0.212. The second-order valence-electron chi connectivity index (χ2n) is 8.47. The monoisotopic (exact) mass is 516 g/mol. The number of carbonyl (C=O) groups excluding carboxylic acids is 2. The average Bonchev–Trinajstić information content (AvgIpc) is 3.45. The topological polar surface area (TPSA) is 98.2 Å². The van der Waals surface area contributed by atoms with Gasteiger partial charge in [-0.25, -0.2) is 4.98 Å². The Morgan fingerprint density at radius 2 is 1.59 bits per heavy atom. The van der Waals surface area contributed by atoms with Crippen molar-refractivity contribution in [3.8, 4) is 17.2 Å². The van der Waals surface area contributed by atoms with Gasteiger partial charge in [0.15, 0.2) is 5.13 Å². The first kappa shape index (κ1) is 24.3. The summed E-state index contributed by atoms with van der Waals surface area (Å²) in [5, 5.41) is 11.7. The van der Waals surface area contributed by atoms with E-state index in [1.807, 2.05) is 25.1 Å². The van der Waals surface area contributed by atoms with E-state index in [0.29, 0.717) is 39.0 Å². The number of hydrogen-bond acceptors (Lipinski definition) is 8. The van der Waals surface area contributed by atoms with E-state index in [1.54, 1.807) is 49.6 Å². The van der Waals surface area contributed by atoms with E-state index >= 15 is 0 Å². The van der Waals surface area contributed by atoms with Gasteiger partial charge in [0.05, 0.1) is 37.1 Å². The molecule has 1 atom stereocenters. The largest absolute Gasteiger partial charge is 0.507 e. The molecule has 1 fully saturated rings. The highest BCUT2D eigenvalue weighted by Gasteiger charge is 2.49. The van der Waals surface area contributed by atoms with Crippen LogP contribution in [0.4, 0.5) is 5.13 Å². The number of aryl methyl sites for hydroxylation is 1. The zero-order valence-corrected chi connectivity index (χ0v) is 21.5. The molecule has 0 bridgehead atoms. The number of benzene rings is 3. The number of fused-ring (bicyclic) bond motifs is 1. The number of nitrogens with zero attached hydrogens (tertiary/aromatic N) is 2. The SMILES string of the molecule is COc1ccc(OC)c([C@H]2C(=C(O)c3ccc(C)cc3)C(=O)C(=O)N2c2nc3ccc(OC)cc3s2)c1. The number of amides is 1. The van der Waals surface area contributed by atoms with Gasteiger partial charge < -0.3 is 19.3 Å². The van der Waals surface area contributed by atoms with Gasteiger partial charge in [0.1, 0.15) is 29.0 Å². The molecule has 0 saturated carbocycles. The normalized spacial score (nSPS) is 16.9. The highest BCUT2D eigenvalue weighted by atomic mass is 32.1. The predicted molar refractivity (Wildman–Crippen MR) is 142 cm³/mol. The summed E-state index contributed by atoms with van der Waals surface area (Å²) in [6, 6.07) is 16.6. The van der Waals surface area contributed by atoms with Gasteiger partial charge in [0.25, 0.3) is 5.78 Å². The zero-order chi connectivity index (χ0) is 26.3. The molecule has 1 saturated heterocycles. The van der Waals surface area contributed by atoms with Gasteiger partial charge in [-0.05, 0) is 43.3 Å². The first-order chi connectivity index (χ1) is 17.9. The summed E-state index contributed by atoms with van der Waals surface area (Å²) in [6.07, 6.45) is 0. The summed E-state index contributed by atoms with van der Waals surface area (Å²) in [4.78, 5) is 33.0. The fourth-order valence-electron chi connectivity index (χ4n) is 4.37. The minimum atomic E-state index is -1.01. The number of anilines is 1. The van der Waals surface area contributed by atoms with E-state index in [4.69, 9.17) is 14.2 Å². The van der Waals surface area contributed by atoms with Crippen molar-refractivity contribution in [2.24, 2.45) is 0 Å². The van der Waals surface area contributed by atoms with Crippen LogP contribution in [0.3, 0.4) is 0 Å². The van der Waals surface area contributed by atoms with Gasteiger partial charge in [-0.15, -0.1) is 0 Å². The maximum atomic E-state index is 13.5. The second-order valence-corrected chi connectivity index (χ2v) is 9.48. The second kappa shape index (κ2) is 9.59. The third-order valence-electron chi connectivity index (χ3n) is 6.29. The highest BCUT2D eigenvalue weighted by Crippen LogP contribution is 2.47. The summed E-state index contributed by atoms with van der Waals surface area (Å²) < 4.78 is 17.1. The third-order valence-corrected chi connectivity index (χ3v) is 7.31. The first-order valence-electron chi connectivity index (χ1n) is 11.4. The number of carbonyl (C=O) groups is 2. The summed E-state index contributed by atoms with van der Waals surface area (Å²) in [5.41, 5.74) is 2.49. The number of ether oxygens (including phenoxy) is 3. The van der Waals surface area contributed by atoms with E-state index in [9.17, 15) is 14.7 Å². The van der Waals surface area contributed by atoms with Crippen molar-refractivity contribution in [1.82, 2.24) is 4.98 Å². The van der Waals surface area contributed by atoms with Crippen molar-refractivity contribution >= 4 is 44.1 Å². The lowest BCUT2D eigenvalue weighted by Gasteiger charge is -2.25. The molecule has 0 radical (unpaired) electrons. The Bertz CT molecular complexity index is 1560. The lowest BCUT2D eigenvalue weighted by molar-refractivity contribution is -0.132. The van der Waals surface area contributed by atoms with E-state index in [-0.39, 0.29) is 11.3 Å². The lowest BCUT2D eigenvalue weighted by atomic mass is 9.94. The van der Waals surface area contributed by atoms with Gasteiger partial charge in [0.2, 0.25) is 0 Å². The molecule has 8 nitrogen and oxygen atoms in total. The van der Waals surface area contributed by atoms with Crippen molar-refractivity contribution < 1.29 is 28.9 Å². The molecule has 1 amide bonds. The number of aliphatic hydroxyl groups excluding tert-OH is 1. The Labute approximate surface area is 217 Å². The molecule has 0 spiro atoms. The fourth-order valence-corrected chi connectivity index (χ4v) is 5.39. The molecule has 9 heteroatoms. The molecule has 37 heavy (non-hydrogen) atoms. The molecule has 0 aliphatic carbocycles. The van der Waals surface area contributed by atoms with Crippen molar-refractivity contribution in [3.05, 3.63) is 82.9 Å². The van der Waals surface area contributed by atoms with Crippen LogP contribution in [0.15, 0.2) is 66.2 Å². The molecule has 3 aromatic carbocycles. The highest BCUT2D eigenvalue weighted by molar-refractivity contribution is 7.22. The van der Waals surface area contributed by atoms with Crippen molar-refractivity contribution in [3.63, 3.8) is 0 Å². The van der Waals surface area contributed by atoms with Crippen LogP contribution in [0, 0.1) is 6.92 Å². The number of aromatic nitrogens is 1. The third kappa shape index (κ3) is 4.17. The van der Waals surface area contributed by atoms with Crippen LogP contribution in [0.25, 0.3) is 16.0 Å². The van der Waals surface area contributed by atoms with Gasteiger partial charge in [0, 0.05) is 11.1 Å². The van der Waals surface area contributed by atoms with Gasteiger partial charge in [-0.3, -0.25) is 14.5 Å². The Morgan fingerprint density at radius 1 is 0.919 bits per heavy atom.